The van der Waals surface area contributed by atoms with Crippen LogP contribution in [0.15, 0.2) is 29.1 Å². The molecule has 0 aliphatic rings. The van der Waals surface area contributed by atoms with Gasteiger partial charge in [0.15, 0.2) is 5.82 Å². The second-order valence-corrected chi connectivity index (χ2v) is 3.92. The Morgan fingerprint density at radius 2 is 1.94 bits per heavy atom. The van der Waals surface area contributed by atoms with E-state index >= 15 is 0 Å². The third kappa shape index (κ3) is 1.53. The van der Waals surface area contributed by atoms with Crippen molar-refractivity contribution in [3.8, 4) is 11.4 Å². The van der Waals surface area contributed by atoms with Gasteiger partial charge in [0.1, 0.15) is 5.69 Å². The van der Waals surface area contributed by atoms with E-state index < -0.39 is 0 Å². The normalized spacial score (nSPS) is 10.9. The number of nitrogens with zero attached hydrogens (tertiary/aromatic N) is 4. The standard InChI is InChI=1S/C11H10N6O/c1-6-10(18)13-11-15-14-9(17(11)16-6)7-2-4-8(12)5-3-7/h2-5H,12H2,1H3,(H,13,15,18). The van der Waals surface area contributed by atoms with E-state index in [1.54, 1.807) is 19.1 Å². The molecule has 0 unspecified atom stereocenters. The number of nitrogens with two attached hydrogens (primary N) is 1. The minimum absolute atomic E-state index is 0.265. The number of H-pyrrole nitrogens is 1. The van der Waals surface area contributed by atoms with E-state index in [0.29, 0.717) is 23.0 Å². The number of rotatable bonds is 1. The fraction of sp³-hybridized carbons (Fsp3) is 0.0909. The lowest BCUT2D eigenvalue weighted by atomic mass is 10.2. The van der Waals surface area contributed by atoms with E-state index in [1.807, 2.05) is 12.1 Å². The van der Waals surface area contributed by atoms with E-state index in [2.05, 4.69) is 20.3 Å². The molecular formula is C11H10N6O. The summed E-state index contributed by atoms with van der Waals surface area (Å²) >= 11 is 0. The second kappa shape index (κ2) is 3.66. The van der Waals surface area contributed by atoms with Gasteiger partial charge in [0.05, 0.1) is 0 Å². The molecule has 18 heavy (non-hydrogen) atoms. The summed E-state index contributed by atoms with van der Waals surface area (Å²) in [6.07, 6.45) is 0. The van der Waals surface area contributed by atoms with E-state index in [-0.39, 0.29) is 5.56 Å². The Morgan fingerprint density at radius 1 is 1.22 bits per heavy atom. The predicted octanol–water partition coefficient (Wildman–Crippen LogP) is 0.370. The summed E-state index contributed by atoms with van der Waals surface area (Å²) in [6, 6.07) is 7.20. The quantitative estimate of drug-likeness (QED) is 0.600. The molecule has 3 aromatic rings. The Hall–Kier alpha value is -2.70. The van der Waals surface area contributed by atoms with E-state index in [4.69, 9.17) is 5.73 Å². The molecule has 0 saturated carbocycles. The van der Waals surface area contributed by atoms with Gasteiger partial charge in [0, 0.05) is 11.3 Å². The molecule has 2 aromatic heterocycles. The Kier molecular flexibility index (Phi) is 2.12. The summed E-state index contributed by atoms with van der Waals surface area (Å²) in [6.45, 7) is 1.63. The monoisotopic (exact) mass is 242 g/mol. The van der Waals surface area contributed by atoms with Crippen molar-refractivity contribution in [2.75, 3.05) is 5.73 Å². The molecule has 0 atom stereocenters. The highest BCUT2D eigenvalue weighted by Gasteiger charge is 2.10. The van der Waals surface area contributed by atoms with Crippen molar-refractivity contribution in [1.29, 1.82) is 0 Å². The number of aryl methyl sites for hydroxylation is 1. The Bertz CT molecular complexity index is 770. The van der Waals surface area contributed by atoms with Crippen LogP contribution in [-0.4, -0.2) is 24.8 Å². The zero-order chi connectivity index (χ0) is 12.7. The van der Waals surface area contributed by atoms with Gasteiger partial charge in [-0.25, -0.2) is 0 Å². The number of nitrogen functional groups attached to an aromatic ring is 1. The molecule has 0 fully saturated rings. The molecule has 0 spiro atoms. The molecule has 1 aromatic carbocycles. The van der Waals surface area contributed by atoms with Gasteiger partial charge in [-0.1, -0.05) is 0 Å². The number of hydrogen-bond acceptors (Lipinski definition) is 5. The topological polar surface area (TPSA) is 102 Å². The van der Waals surface area contributed by atoms with Crippen LogP contribution in [0.4, 0.5) is 5.69 Å². The van der Waals surface area contributed by atoms with Gasteiger partial charge in [0.2, 0.25) is 0 Å². The molecule has 2 heterocycles. The van der Waals surface area contributed by atoms with Gasteiger partial charge >= 0.3 is 0 Å². The summed E-state index contributed by atoms with van der Waals surface area (Å²) in [7, 11) is 0. The highest BCUT2D eigenvalue weighted by Crippen LogP contribution is 2.17. The second-order valence-electron chi connectivity index (χ2n) is 3.92. The lowest BCUT2D eigenvalue weighted by Crippen LogP contribution is -2.15. The number of nitrogens with one attached hydrogen (secondary N) is 1. The lowest BCUT2D eigenvalue weighted by Gasteiger charge is -2.00. The smallest absolute Gasteiger partial charge is 0.273 e. The zero-order valence-electron chi connectivity index (χ0n) is 9.58. The summed E-state index contributed by atoms with van der Waals surface area (Å²) in [5.41, 5.74) is 7.23. The molecule has 0 radical (unpaired) electrons. The first-order valence-electron chi connectivity index (χ1n) is 5.33. The Labute approximate surface area is 101 Å². The van der Waals surface area contributed by atoms with Crippen LogP contribution in [0.1, 0.15) is 5.69 Å². The molecule has 7 heteroatoms. The number of anilines is 1. The van der Waals surface area contributed by atoms with Crippen LogP contribution in [0, 0.1) is 6.92 Å². The van der Waals surface area contributed by atoms with Crippen molar-refractivity contribution >= 4 is 11.5 Å². The van der Waals surface area contributed by atoms with Crippen molar-refractivity contribution in [1.82, 2.24) is 24.8 Å². The van der Waals surface area contributed by atoms with Gasteiger partial charge in [-0.3, -0.25) is 9.78 Å². The number of fused-ring (bicyclic) bond motifs is 1. The Morgan fingerprint density at radius 3 is 2.67 bits per heavy atom. The van der Waals surface area contributed by atoms with Crippen molar-refractivity contribution in [2.45, 2.75) is 6.92 Å². The molecule has 0 aliphatic carbocycles. The predicted molar refractivity (Wildman–Crippen MR) is 66.0 cm³/mol. The number of hydrogen-bond donors (Lipinski definition) is 2. The van der Waals surface area contributed by atoms with Crippen LogP contribution in [0.5, 0.6) is 0 Å². The third-order valence-corrected chi connectivity index (χ3v) is 2.61. The molecule has 3 rings (SSSR count). The summed E-state index contributed by atoms with van der Waals surface area (Å²) < 4.78 is 1.50. The molecular weight excluding hydrogens is 232 g/mol. The largest absolute Gasteiger partial charge is 0.399 e. The molecule has 0 aliphatic heterocycles. The highest BCUT2D eigenvalue weighted by molar-refractivity contribution is 5.60. The first kappa shape index (κ1) is 10.5. The van der Waals surface area contributed by atoms with Crippen LogP contribution in [0.2, 0.25) is 0 Å². The summed E-state index contributed by atoms with van der Waals surface area (Å²) in [4.78, 5) is 14.0. The summed E-state index contributed by atoms with van der Waals surface area (Å²) in [5, 5.41) is 12.1. The maximum atomic E-state index is 11.4. The fourth-order valence-corrected chi connectivity index (χ4v) is 1.65. The molecule has 0 saturated heterocycles. The van der Waals surface area contributed by atoms with Crippen LogP contribution >= 0.6 is 0 Å². The maximum absolute atomic E-state index is 11.4. The van der Waals surface area contributed by atoms with Crippen LogP contribution < -0.4 is 11.3 Å². The maximum Gasteiger partial charge on any atom is 0.273 e. The fourth-order valence-electron chi connectivity index (χ4n) is 1.65. The van der Waals surface area contributed by atoms with Gasteiger partial charge in [-0.15, -0.1) is 10.2 Å². The summed E-state index contributed by atoms with van der Waals surface area (Å²) in [5.74, 6) is 0.877. The van der Waals surface area contributed by atoms with Crippen molar-refractivity contribution in [3.63, 3.8) is 0 Å². The molecule has 0 bridgehead atoms. The van der Waals surface area contributed by atoms with Gasteiger partial charge in [0.25, 0.3) is 11.3 Å². The van der Waals surface area contributed by atoms with Gasteiger partial charge in [-0.05, 0) is 31.2 Å². The number of aromatic nitrogens is 5. The zero-order valence-corrected chi connectivity index (χ0v) is 9.58. The Balaban J connectivity index is 2.27. The van der Waals surface area contributed by atoms with Crippen molar-refractivity contribution < 1.29 is 0 Å². The lowest BCUT2D eigenvalue weighted by molar-refractivity contribution is 0.854. The third-order valence-electron chi connectivity index (χ3n) is 2.61. The van der Waals surface area contributed by atoms with Crippen molar-refractivity contribution in [2.24, 2.45) is 0 Å². The van der Waals surface area contributed by atoms with Crippen LogP contribution in [0.3, 0.4) is 0 Å². The number of benzene rings is 1. The van der Waals surface area contributed by atoms with E-state index in [1.165, 1.54) is 4.52 Å². The van der Waals surface area contributed by atoms with Crippen LogP contribution in [-0.2, 0) is 0 Å². The van der Waals surface area contributed by atoms with Crippen LogP contribution in [0.25, 0.3) is 17.2 Å². The van der Waals surface area contributed by atoms with E-state index in [9.17, 15) is 4.79 Å². The van der Waals surface area contributed by atoms with Crippen molar-refractivity contribution in [3.05, 3.63) is 40.3 Å². The average molecular weight is 242 g/mol. The SMILES string of the molecule is Cc1nn2c(-c3ccc(N)cc3)nnc2[nH]c1=O. The molecule has 0 amide bonds. The average Bonchev–Trinajstić information content (AvgIpc) is 2.74. The minimum Gasteiger partial charge on any atom is -0.399 e. The molecule has 90 valence electrons. The molecule has 3 N–H and O–H groups in total. The molecule has 7 nitrogen and oxygen atoms in total. The van der Waals surface area contributed by atoms with Gasteiger partial charge in [-0.2, -0.15) is 9.61 Å². The first-order chi connectivity index (χ1) is 8.65. The minimum atomic E-state index is -0.265. The highest BCUT2D eigenvalue weighted by atomic mass is 16.1. The van der Waals surface area contributed by atoms with Gasteiger partial charge < -0.3 is 5.73 Å². The number of aromatic amines is 1. The van der Waals surface area contributed by atoms with E-state index in [0.717, 1.165) is 5.56 Å². The first-order valence-corrected chi connectivity index (χ1v) is 5.33.